The minimum absolute atomic E-state index is 0.0557. The van der Waals surface area contributed by atoms with Gasteiger partial charge in [0.2, 0.25) is 0 Å². The van der Waals surface area contributed by atoms with Crippen LogP contribution in [0.2, 0.25) is 0 Å². The van der Waals surface area contributed by atoms with Crippen molar-refractivity contribution in [3.05, 3.63) is 0 Å². The Balaban J connectivity index is 1.74. The van der Waals surface area contributed by atoms with Gasteiger partial charge in [-0.25, -0.2) is 0 Å². The van der Waals surface area contributed by atoms with Crippen LogP contribution < -0.4 is 10.6 Å². The first-order valence-corrected chi connectivity index (χ1v) is 6.33. The molecule has 4 heteroatoms. The van der Waals surface area contributed by atoms with Gasteiger partial charge < -0.3 is 15.4 Å². The predicted molar refractivity (Wildman–Crippen MR) is 62.1 cm³/mol. The third kappa shape index (κ3) is 3.19. The molecular weight excluding hydrogens is 204 g/mol. The molecule has 1 aliphatic heterocycles. The van der Waals surface area contributed by atoms with Gasteiger partial charge in [0.15, 0.2) is 0 Å². The molecule has 2 N–H and O–H groups in total. The molecule has 1 heterocycles. The van der Waals surface area contributed by atoms with E-state index >= 15 is 0 Å². The Hall–Kier alpha value is -0.610. The van der Waals surface area contributed by atoms with E-state index in [-0.39, 0.29) is 12.0 Å². The van der Waals surface area contributed by atoms with Gasteiger partial charge >= 0.3 is 5.97 Å². The summed E-state index contributed by atoms with van der Waals surface area (Å²) in [4.78, 5) is 11.6. The average molecular weight is 226 g/mol. The molecule has 4 nitrogen and oxygen atoms in total. The maximum absolute atomic E-state index is 11.6. The van der Waals surface area contributed by atoms with Crippen molar-refractivity contribution < 1.29 is 9.53 Å². The summed E-state index contributed by atoms with van der Waals surface area (Å²) in [5, 5.41) is 6.75. The van der Waals surface area contributed by atoms with Crippen molar-refractivity contribution in [2.45, 2.75) is 31.7 Å². The van der Waals surface area contributed by atoms with Crippen molar-refractivity contribution in [1.82, 2.24) is 10.6 Å². The molecule has 0 aromatic carbocycles. The Labute approximate surface area is 97.1 Å². The molecule has 0 bridgehead atoms. The van der Waals surface area contributed by atoms with Crippen molar-refractivity contribution in [3.8, 4) is 0 Å². The van der Waals surface area contributed by atoms with Crippen molar-refractivity contribution in [2.24, 2.45) is 11.8 Å². The molecular formula is C12H22N2O2. The first-order chi connectivity index (χ1) is 7.81. The number of rotatable bonds is 5. The second-order valence-electron chi connectivity index (χ2n) is 4.94. The summed E-state index contributed by atoms with van der Waals surface area (Å²) in [6.07, 6.45) is 4.76. The van der Waals surface area contributed by atoms with Crippen LogP contribution in [0.15, 0.2) is 0 Å². The Kier molecular flexibility index (Phi) is 4.18. The summed E-state index contributed by atoms with van der Waals surface area (Å²) in [5.74, 6) is 1.15. The van der Waals surface area contributed by atoms with Gasteiger partial charge in [-0.05, 0) is 57.2 Å². The molecule has 1 unspecified atom stereocenters. The third-order valence-electron chi connectivity index (χ3n) is 3.63. The van der Waals surface area contributed by atoms with Crippen LogP contribution >= 0.6 is 0 Å². The molecule has 1 saturated carbocycles. The smallest absolute Gasteiger partial charge is 0.323 e. The van der Waals surface area contributed by atoms with Crippen molar-refractivity contribution in [1.29, 1.82) is 0 Å². The minimum Gasteiger partial charge on any atom is -0.468 e. The molecule has 0 aromatic heterocycles. The van der Waals surface area contributed by atoms with E-state index in [1.807, 2.05) is 0 Å². The highest BCUT2D eigenvalue weighted by Crippen LogP contribution is 2.33. The van der Waals surface area contributed by atoms with Gasteiger partial charge in [0, 0.05) is 0 Å². The number of carbonyl (C=O) groups is 1. The monoisotopic (exact) mass is 226 g/mol. The summed E-state index contributed by atoms with van der Waals surface area (Å²) in [7, 11) is 1.48. The number of esters is 1. The second-order valence-corrected chi connectivity index (χ2v) is 4.94. The number of piperidine rings is 1. The zero-order valence-electron chi connectivity index (χ0n) is 10.00. The largest absolute Gasteiger partial charge is 0.468 e. The molecule has 0 amide bonds. The molecule has 1 saturated heterocycles. The van der Waals surface area contributed by atoms with Crippen LogP contribution in [0.3, 0.4) is 0 Å². The van der Waals surface area contributed by atoms with Gasteiger partial charge in [0.05, 0.1) is 7.11 Å². The number of ether oxygens (including phenoxy) is 1. The van der Waals surface area contributed by atoms with Crippen molar-refractivity contribution in [2.75, 3.05) is 26.7 Å². The van der Waals surface area contributed by atoms with Crippen LogP contribution in [0.5, 0.6) is 0 Å². The van der Waals surface area contributed by atoms with Crippen LogP contribution in [-0.2, 0) is 9.53 Å². The van der Waals surface area contributed by atoms with Crippen LogP contribution in [0, 0.1) is 11.8 Å². The molecule has 2 aliphatic rings. The van der Waals surface area contributed by atoms with Gasteiger partial charge in [-0.1, -0.05) is 0 Å². The fourth-order valence-corrected chi connectivity index (χ4v) is 2.38. The first kappa shape index (κ1) is 11.9. The summed E-state index contributed by atoms with van der Waals surface area (Å²) >= 11 is 0. The molecule has 1 atom stereocenters. The van der Waals surface area contributed by atoms with Crippen LogP contribution in [0.25, 0.3) is 0 Å². The van der Waals surface area contributed by atoms with E-state index in [0.29, 0.717) is 11.8 Å². The van der Waals surface area contributed by atoms with E-state index in [2.05, 4.69) is 10.6 Å². The molecule has 2 fully saturated rings. The quantitative estimate of drug-likeness (QED) is 0.671. The van der Waals surface area contributed by atoms with Crippen LogP contribution in [0.4, 0.5) is 0 Å². The molecule has 0 aromatic rings. The molecule has 2 rings (SSSR count). The molecule has 16 heavy (non-hydrogen) atoms. The highest BCUT2D eigenvalue weighted by Gasteiger charge is 2.36. The van der Waals surface area contributed by atoms with E-state index in [1.54, 1.807) is 0 Å². The summed E-state index contributed by atoms with van der Waals surface area (Å²) < 4.78 is 4.84. The normalized spacial score (nSPS) is 24.1. The highest BCUT2D eigenvalue weighted by atomic mass is 16.5. The number of carbonyl (C=O) groups excluding carboxylic acids is 1. The summed E-state index contributed by atoms with van der Waals surface area (Å²) in [6.45, 7) is 3.18. The maximum Gasteiger partial charge on any atom is 0.323 e. The SMILES string of the molecule is COC(=O)C(NCC1CCNCC1)C1CC1. The van der Waals surface area contributed by atoms with Gasteiger partial charge in [-0.3, -0.25) is 4.79 Å². The second kappa shape index (κ2) is 5.64. The molecule has 92 valence electrons. The highest BCUT2D eigenvalue weighted by molar-refractivity contribution is 5.76. The van der Waals surface area contributed by atoms with Gasteiger partial charge in [-0.2, -0.15) is 0 Å². The van der Waals surface area contributed by atoms with E-state index in [9.17, 15) is 4.79 Å². The lowest BCUT2D eigenvalue weighted by atomic mass is 9.97. The van der Waals surface area contributed by atoms with Crippen LogP contribution in [0.1, 0.15) is 25.7 Å². The average Bonchev–Trinajstić information content (AvgIpc) is 3.15. The lowest BCUT2D eigenvalue weighted by molar-refractivity contribution is -0.143. The number of methoxy groups -OCH3 is 1. The molecule has 0 radical (unpaired) electrons. The zero-order chi connectivity index (χ0) is 11.4. The summed E-state index contributed by atoms with van der Waals surface area (Å²) in [5.41, 5.74) is 0. The van der Waals surface area contributed by atoms with E-state index in [4.69, 9.17) is 4.74 Å². The maximum atomic E-state index is 11.6. The van der Waals surface area contributed by atoms with Gasteiger partial charge in [0.25, 0.3) is 0 Å². The van der Waals surface area contributed by atoms with Crippen molar-refractivity contribution in [3.63, 3.8) is 0 Å². The zero-order valence-corrected chi connectivity index (χ0v) is 10.00. The fraction of sp³-hybridized carbons (Fsp3) is 0.917. The molecule has 0 spiro atoms. The Morgan fingerprint density at radius 1 is 1.38 bits per heavy atom. The van der Waals surface area contributed by atoms with Crippen LogP contribution in [-0.4, -0.2) is 38.8 Å². The summed E-state index contributed by atoms with van der Waals surface area (Å²) in [6, 6.07) is -0.0557. The first-order valence-electron chi connectivity index (χ1n) is 6.33. The molecule has 1 aliphatic carbocycles. The van der Waals surface area contributed by atoms with Crippen molar-refractivity contribution >= 4 is 5.97 Å². The Bertz CT molecular complexity index is 235. The third-order valence-corrected chi connectivity index (χ3v) is 3.63. The Morgan fingerprint density at radius 3 is 2.62 bits per heavy atom. The number of hydrogen-bond acceptors (Lipinski definition) is 4. The minimum atomic E-state index is -0.0866. The van der Waals surface area contributed by atoms with Gasteiger partial charge in [0.1, 0.15) is 6.04 Å². The van der Waals surface area contributed by atoms with E-state index < -0.39 is 0 Å². The topological polar surface area (TPSA) is 50.4 Å². The number of hydrogen-bond donors (Lipinski definition) is 2. The lowest BCUT2D eigenvalue weighted by Gasteiger charge is -2.25. The fourth-order valence-electron chi connectivity index (χ4n) is 2.38. The standard InChI is InChI=1S/C12H22N2O2/c1-16-12(15)11(10-2-3-10)14-8-9-4-6-13-7-5-9/h9-11,13-14H,2-8H2,1H3. The lowest BCUT2D eigenvalue weighted by Crippen LogP contribution is -2.43. The predicted octanol–water partition coefficient (Wildman–Crippen LogP) is 0.527. The van der Waals surface area contributed by atoms with E-state index in [0.717, 1.165) is 19.6 Å². The van der Waals surface area contributed by atoms with E-state index in [1.165, 1.54) is 32.8 Å². The number of nitrogens with one attached hydrogen (secondary N) is 2. The van der Waals surface area contributed by atoms with Gasteiger partial charge in [-0.15, -0.1) is 0 Å². The Morgan fingerprint density at radius 2 is 2.06 bits per heavy atom.